The van der Waals surface area contributed by atoms with Gasteiger partial charge in [-0.05, 0) is 31.5 Å². The van der Waals surface area contributed by atoms with E-state index in [9.17, 15) is 8.42 Å². The molecular formula is C19H28N4O5S. The summed E-state index contributed by atoms with van der Waals surface area (Å²) in [6.45, 7) is 4.30. The third-order valence-electron chi connectivity index (χ3n) is 4.82. The molecule has 1 aromatic heterocycles. The number of nitrogens with one attached hydrogen (secondary N) is 1. The molecule has 0 amide bonds. The number of rotatable bonds is 7. The topological polar surface area (TPSA) is 94.9 Å². The van der Waals surface area contributed by atoms with Crippen LogP contribution in [0.3, 0.4) is 0 Å². The molecule has 1 N–H and O–H groups in total. The fourth-order valence-electron chi connectivity index (χ4n) is 3.47. The van der Waals surface area contributed by atoms with Crippen molar-refractivity contribution in [1.29, 1.82) is 0 Å². The van der Waals surface area contributed by atoms with Gasteiger partial charge >= 0.3 is 0 Å². The van der Waals surface area contributed by atoms with Gasteiger partial charge < -0.3 is 18.8 Å². The summed E-state index contributed by atoms with van der Waals surface area (Å²) in [5.74, 6) is 1.68. The smallest absolute Gasteiger partial charge is 0.280 e. The Morgan fingerprint density at radius 3 is 2.21 bits per heavy atom. The molecule has 0 saturated carbocycles. The van der Waals surface area contributed by atoms with Crippen molar-refractivity contribution in [3.05, 3.63) is 42.0 Å². The molecule has 9 nitrogen and oxygen atoms in total. The molecule has 10 heteroatoms. The van der Waals surface area contributed by atoms with Crippen LogP contribution in [0.4, 0.5) is 0 Å². The lowest BCUT2D eigenvalue weighted by Crippen LogP contribution is -2.52. The summed E-state index contributed by atoms with van der Waals surface area (Å²) in [4.78, 5) is 4.37. The van der Waals surface area contributed by atoms with Crippen LogP contribution in [0.5, 0.6) is 11.5 Å². The molecule has 1 fully saturated rings. The lowest BCUT2D eigenvalue weighted by atomic mass is 10.1. The van der Waals surface area contributed by atoms with Crippen molar-refractivity contribution in [2.45, 2.75) is 32.1 Å². The number of ether oxygens (including phenoxy) is 3. The maximum Gasteiger partial charge on any atom is 0.280 e. The summed E-state index contributed by atoms with van der Waals surface area (Å²) in [6, 6.07) is 4.56. The average molecular weight is 425 g/mol. The SMILES string of the molecule is COc1cc(OC)cc([C@H](NS(=O)(=O)N2C[C@@H](C)O[C@@H](C)C2)c2nccn2C)c1. The van der Waals surface area contributed by atoms with Crippen LogP contribution in [0.25, 0.3) is 0 Å². The van der Waals surface area contributed by atoms with Crippen LogP contribution in [0.15, 0.2) is 30.6 Å². The fraction of sp³-hybridized carbons (Fsp3) is 0.526. The van der Waals surface area contributed by atoms with Gasteiger partial charge in [-0.2, -0.15) is 17.4 Å². The van der Waals surface area contributed by atoms with E-state index in [1.807, 2.05) is 20.9 Å². The Labute approximate surface area is 171 Å². The maximum absolute atomic E-state index is 13.2. The fourth-order valence-corrected chi connectivity index (χ4v) is 4.97. The number of hydrogen-bond acceptors (Lipinski definition) is 6. The van der Waals surface area contributed by atoms with Crippen molar-refractivity contribution >= 4 is 10.2 Å². The minimum Gasteiger partial charge on any atom is -0.497 e. The van der Waals surface area contributed by atoms with Crippen molar-refractivity contribution in [3.63, 3.8) is 0 Å². The predicted molar refractivity (Wildman–Crippen MR) is 108 cm³/mol. The van der Waals surface area contributed by atoms with Gasteiger partial charge in [0.1, 0.15) is 23.4 Å². The Morgan fingerprint density at radius 1 is 1.14 bits per heavy atom. The minimum absolute atomic E-state index is 0.182. The number of imidazole rings is 1. The highest BCUT2D eigenvalue weighted by atomic mass is 32.2. The van der Waals surface area contributed by atoms with Gasteiger partial charge in [0.25, 0.3) is 10.2 Å². The standard InChI is InChI=1S/C19H28N4O5S/c1-13-11-23(12-14(2)28-13)29(24,25)21-18(19-20-6-7-22(19)3)15-8-16(26-4)10-17(9-15)27-5/h6-10,13-14,18,21H,11-12H2,1-5H3/t13-,14+,18-/m0/s1. The molecule has 1 aliphatic rings. The zero-order chi connectivity index (χ0) is 21.2. The highest BCUT2D eigenvalue weighted by Crippen LogP contribution is 2.30. The molecule has 0 unspecified atom stereocenters. The van der Waals surface area contributed by atoms with E-state index >= 15 is 0 Å². The normalized spacial score (nSPS) is 21.7. The van der Waals surface area contributed by atoms with Crippen molar-refractivity contribution < 1.29 is 22.6 Å². The van der Waals surface area contributed by atoms with Crippen LogP contribution >= 0.6 is 0 Å². The van der Waals surface area contributed by atoms with Crippen molar-refractivity contribution in [1.82, 2.24) is 18.6 Å². The first-order valence-electron chi connectivity index (χ1n) is 9.36. The molecule has 1 aliphatic heterocycles. The Kier molecular flexibility index (Phi) is 6.47. The lowest BCUT2D eigenvalue weighted by Gasteiger charge is -2.35. The minimum atomic E-state index is -3.81. The molecule has 2 heterocycles. The molecule has 160 valence electrons. The zero-order valence-electron chi connectivity index (χ0n) is 17.3. The summed E-state index contributed by atoms with van der Waals surface area (Å²) < 4.78 is 48.9. The maximum atomic E-state index is 13.2. The Bertz CT molecular complexity index is 914. The van der Waals surface area contributed by atoms with Crippen LogP contribution in [-0.2, 0) is 22.0 Å². The second kappa shape index (κ2) is 8.70. The number of aryl methyl sites for hydroxylation is 1. The van der Waals surface area contributed by atoms with Crippen molar-refractivity contribution in [2.24, 2.45) is 7.05 Å². The van der Waals surface area contributed by atoms with Crippen molar-refractivity contribution in [2.75, 3.05) is 27.3 Å². The highest BCUT2D eigenvalue weighted by Gasteiger charge is 2.34. The van der Waals surface area contributed by atoms with Gasteiger partial charge in [0.05, 0.1) is 26.4 Å². The first-order chi connectivity index (χ1) is 13.7. The molecule has 0 aliphatic carbocycles. The molecule has 3 rings (SSSR count). The largest absolute Gasteiger partial charge is 0.497 e. The predicted octanol–water partition coefficient (Wildman–Crippen LogP) is 1.47. The number of morpholine rings is 1. The molecule has 0 bridgehead atoms. The Morgan fingerprint density at radius 2 is 1.72 bits per heavy atom. The van der Waals surface area contributed by atoms with E-state index in [0.717, 1.165) is 0 Å². The van der Waals surface area contributed by atoms with Gasteiger partial charge in [0.15, 0.2) is 0 Å². The van der Waals surface area contributed by atoms with Gasteiger partial charge in [-0.3, -0.25) is 0 Å². The zero-order valence-corrected chi connectivity index (χ0v) is 18.1. The Hall–Kier alpha value is -2.14. The summed E-state index contributed by atoms with van der Waals surface area (Å²) in [5, 5.41) is 0. The van der Waals surface area contributed by atoms with Crippen LogP contribution < -0.4 is 14.2 Å². The van der Waals surface area contributed by atoms with E-state index in [1.54, 1.807) is 49.4 Å². The molecule has 0 spiro atoms. The number of nitrogens with zero attached hydrogens (tertiary/aromatic N) is 3. The number of hydrogen-bond donors (Lipinski definition) is 1. The molecule has 3 atom stereocenters. The van der Waals surface area contributed by atoms with E-state index in [4.69, 9.17) is 14.2 Å². The van der Waals surface area contributed by atoms with E-state index in [2.05, 4.69) is 9.71 Å². The third kappa shape index (κ3) is 4.89. The molecular weight excluding hydrogens is 396 g/mol. The van der Waals surface area contributed by atoms with E-state index in [-0.39, 0.29) is 25.3 Å². The monoisotopic (exact) mass is 424 g/mol. The summed E-state index contributed by atoms with van der Waals surface area (Å²) in [7, 11) is 1.11. The summed E-state index contributed by atoms with van der Waals surface area (Å²) >= 11 is 0. The Balaban J connectivity index is 2.01. The second-order valence-corrected chi connectivity index (χ2v) is 8.87. The number of aromatic nitrogens is 2. The molecule has 1 aromatic carbocycles. The second-order valence-electron chi connectivity index (χ2n) is 7.17. The van der Waals surface area contributed by atoms with Crippen LogP contribution in [0.1, 0.15) is 31.3 Å². The lowest BCUT2D eigenvalue weighted by molar-refractivity contribution is -0.0444. The molecule has 0 radical (unpaired) electrons. The van der Waals surface area contributed by atoms with Gasteiger partial charge in [0.2, 0.25) is 0 Å². The van der Waals surface area contributed by atoms with E-state index in [1.165, 1.54) is 4.31 Å². The number of benzene rings is 1. The first kappa shape index (κ1) is 21.6. The summed E-state index contributed by atoms with van der Waals surface area (Å²) in [5.41, 5.74) is 0.661. The van der Waals surface area contributed by atoms with Gasteiger partial charge in [0, 0.05) is 38.6 Å². The summed E-state index contributed by atoms with van der Waals surface area (Å²) in [6.07, 6.45) is 3.04. The molecule has 1 saturated heterocycles. The van der Waals surface area contributed by atoms with Crippen LogP contribution in [-0.4, -0.2) is 61.8 Å². The highest BCUT2D eigenvalue weighted by molar-refractivity contribution is 7.87. The average Bonchev–Trinajstić information content (AvgIpc) is 3.10. The van der Waals surface area contributed by atoms with Crippen LogP contribution in [0, 0.1) is 0 Å². The molecule has 29 heavy (non-hydrogen) atoms. The van der Waals surface area contributed by atoms with Crippen molar-refractivity contribution in [3.8, 4) is 11.5 Å². The van der Waals surface area contributed by atoms with Crippen LogP contribution in [0.2, 0.25) is 0 Å². The van der Waals surface area contributed by atoms with E-state index in [0.29, 0.717) is 22.9 Å². The van der Waals surface area contributed by atoms with Gasteiger partial charge in [-0.1, -0.05) is 0 Å². The van der Waals surface area contributed by atoms with Gasteiger partial charge in [-0.15, -0.1) is 0 Å². The molecule has 2 aromatic rings. The third-order valence-corrected chi connectivity index (χ3v) is 6.33. The van der Waals surface area contributed by atoms with Gasteiger partial charge in [-0.25, -0.2) is 4.98 Å². The first-order valence-corrected chi connectivity index (χ1v) is 10.8. The quantitative estimate of drug-likeness (QED) is 0.723. The number of methoxy groups -OCH3 is 2. The van der Waals surface area contributed by atoms with E-state index < -0.39 is 16.3 Å².